The normalized spacial score (nSPS) is 12.3. The van der Waals surface area contributed by atoms with Crippen molar-refractivity contribution in [2.24, 2.45) is 0 Å². The molecule has 0 fully saturated rings. The summed E-state index contributed by atoms with van der Waals surface area (Å²) in [5.41, 5.74) is 3.77. The highest BCUT2D eigenvalue weighted by Gasteiger charge is 2.19. The van der Waals surface area contributed by atoms with Crippen LogP contribution in [0.25, 0.3) is 11.0 Å². The van der Waals surface area contributed by atoms with Gasteiger partial charge in [-0.05, 0) is 44.0 Å². The molecule has 0 saturated carbocycles. The maximum absolute atomic E-state index is 12.6. The molecular formula is C20H23N3O. The summed E-state index contributed by atoms with van der Waals surface area (Å²) < 4.78 is 2.21. The van der Waals surface area contributed by atoms with Gasteiger partial charge in [0.15, 0.2) is 0 Å². The minimum absolute atomic E-state index is 0.0595. The van der Waals surface area contributed by atoms with Crippen molar-refractivity contribution in [1.29, 1.82) is 0 Å². The van der Waals surface area contributed by atoms with E-state index in [1.165, 1.54) is 0 Å². The molecule has 1 atom stereocenters. The molecule has 0 bridgehead atoms. The van der Waals surface area contributed by atoms with E-state index in [1.54, 1.807) is 0 Å². The minimum atomic E-state index is -0.156. The summed E-state index contributed by atoms with van der Waals surface area (Å²) in [5, 5.41) is 3.09. The van der Waals surface area contributed by atoms with Crippen molar-refractivity contribution in [2.75, 3.05) is 0 Å². The molecule has 3 aromatic rings. The Hall–Kier alpha value is -2.62. The van der Waals surface area contributed by atoms with Crippen molar-refractivity contribution >= 4 is 16.9 Å². The van der Waals surface area contributed by atoms with Gasteiger partial charge < -0.3 is 9.88 Å². The largest absolute Gasteiger partial charge is 0.342 e. The summed E-state index contributed by atoms with van der Waals surface area (Å²) in [5.74, 6) is 0.843. The lowest BCUT2D eigenvalue weighted by Gasteiger charge is -2.16. The van der Waals surface area contributed by atoms with E-state index in [2.05, 4.69) is 22.9 Å². The first-order valence-corrected chi connectivity index (χ1v) is 8.43. The van der Waals surface area contributed by atoms with E-state index in [1.807, 2.05) is 56.3 Å². The smallest absolute Gasteiger partial charge is 0.252 e. The molecule has 0 aliphatic heterocycles. The number of carbonyl (C=O) groups is 1. The first kappa shape index (κ1) is 16.2. The van der Waals surface area contributed by atoms with E-state index in [0.717, 1.165) is 35.4 Å². The summed E-state index contributed by atoms with van der Waals surface area (Å²) in [6, 6.07) is 15.6. The van der Waals surface area contributed by atoms with E-state index in [9.17, 15) is 4.79 Å². The number of hydrogen-bond donors (Lipinski definition) is 1. The van der Waals surface area contributed by atoms with Gasteiger partial charge in [-0.15, -0.1) is 0 Å². The molecule has 4 nitrogen and oxygen atoms in total. The Morgan fingerprint density at radius 3 is 2.62 bits per heavy atom. The van der Waals surface area contributed by atoms with E-state index in [-0.39, 0.29) is 11.9 Å². The molecule has 0 spiro atoms. The molecule has 124 valence electrons. The number of amides is 1. The highest BCUT2D eigenvalue weighted by atomic mass is 16.1. The maximum atomic E-state index is 12.6. The Labute approximate surface area is 142 Å². The van der Waals surface area contributed by atoms with Crippen LogP contribution in [0.15, 0.2) is 48.5 Å². The van der Waals surface area contributed by atoms with E-state index < -0.39 is 0 Å². The number of hydrogen-bond acceptors (Lipinski definition) is 2. The van der Waals surface area contributed by atoms with Crippen LogP contribution < -0.4 is 5.32 Å². The lowest BCUT2D eigenvalue weighted by atomic mass is 10.1. The van der Waals surface area contributed by atoms with Crippen molar-refractivity contribution in [3.05, 3.63) is 65.5 Å². The van der Waals surface area contributed by atoms with Crippen molar-refractivity contribution in [1.82, 2.24) is 14.9 Å². The molecule has 1 N–H and O–H groups in total. The fraction of sp³-hybridized carbons (Fsp3) is 0.300. The van der Waals surface area contributed by atoms with Crippen LogP contribution in [0.4, 0.5) is 0 Å². The first-order chi connectivity index (χ1) is 11.6. The molecule has 1 amide bonds. The van der Waals surface area contributed by atoms with Gasteiger partial charge in [0.2, 0.25) is 0 Å². The number of imidazole rings is 1. The van der Waals surface area contributed by atoms with Gasteiger partial charge in [0, 0.05) is 12.1 Å². The highest BCUT2D eigenvalue weighted by molar-refractivity contribution is 5.95. The summed E-state index contributed by atoms with van der Waals surface area (Å²) in [6.45, 7) is 6.98. The Bertz CT molecular complexity index is 866. The molecule has 2 aromatic carbocycles. The summed E-state index contributed by atoms with van der Waals surface area (Å²) >= 11 is 0. The van der Waals surface area contributed by atoms with Gasteiger partial charge in [0.05, 0.1) is 17.1 Å². The molecule has 1 unspecified atom stereocenters. The number of para-hydroxylation sites is 2. The third-order valence-electron chi connectivity index (χ3n) is 4.26. The molecule has 1 heterocycles. The predicted molar refractivity (Wildman–Crippen MR) is 97.1 cm³/mol. The average Bonchev–Trinajstić information content (AvgIpc) is 2.94. The van der Waals surface area contributed by atoms with E-state index >= 15 is 0 Å². The van der Waals surface area contributed by atoms with Gasteiger partial charge >= 0.3 is 0 Å². The molecule has 0 saturated heterocycles. The highest BCUT2D eigenvalue weighted by Crippen LogP contribution is 2.21. The van der Waals surface area contributed by atoms with Crippen molar-refractivity contribution < 1.29 is 4.79 Å². The number of carbonyl (C=O) groups excluding carboxylic acids is 1. The van der Waals surface area contributed by atoms with Gasteiger partial charge in [0.1, 0.15) is 5.82 Å². The molecule has 3 rings (SSSR count). The van der Waals surface area contributed by atoms with E-state index in [4.69, 9.17) is 4.98 Å². The Morgan fingerprint density at radius 2 is 1.88 bits per heavy atom. The zero-order valence-corrected chi connectivity index (χ0v) is 14.4. The Kier molecular flexibility index (Phi) is 4.65. The molecule has 0 aliphatic rings. The van der Waals surface area contributed by atoms with Crippen LogP contribution in [0, 0.1) is 6.92 Å². The predicted octanol–water partition coefficient (Wildman–Crippen LogP) is 4.25. The summed E-state index contributed by atoms with van der Waals surface area (Å²) in [6.07, 6.45) is 1.02. The number of rotatable bonds is 5. The minimum Gasteiger partial charge on any atom is -0.342 e. The second kappa shape index (κ2) is 6.87. The Morgan fingerprint density at radius 1 is 1.17 bits per heavy atom. The van der Waals surface area contributed by atoms with Gasteiger partial charge in [-0.1, -0.05) is 37.3 Å². The second-order valence-corrected chi connectivity index (χ2v) is 6.12. The maximum Gasteiger partial charge on any atom is 0.252 e. The van der Waals surface area contributed by atoms with E-state index in [0.29, 0.717) is 5.56 Å². The number of aromatic nitrogens is 2. The van der Waals surface area contributed by atoms with Crippen LogP contribution in [0.1, 0.15) is 48.1 Å². The molecule has 4 heteroatoms. The molecule has 0 radical (unpaired) electrons. The number of aryl methyl sites for hydroxylation is 2. The van der Waals surface area contributed by atoms with Gasteiger partial charge in [-0.3, -0.25) is 4.79 Å². The van der Waals surface area contributed by atoms with Crippen molar-refractivity contribution in [3.8, 4) is 0 Å². The average molecular weight is 321 g/mol. The molecule has 24 heavy (non-hydrogen) atoms. The molecule has 1 aromatic heterocycles. The SMILES string of the molecule is CCCn1c(C(C)NC(=O)c2ccccc2C)nc2ccccc21. The fourth-order valence-corrected chi connectivity index (χ4v) is 3.05. The number of fused-ring (bicyclic) bond motifs is 1. The topological polar surface area (TPSA) is 46.9 Å². The molecule has 0 aliphatic carbocycles. The van der Waals surface area contributed by atoms with Crippen LogP contribution in [-0.2, 0) is 6.54 Å². The fourth-order valence-electron chi connectivity index (χ4n) is 3.05. The quantitative estimate of drug-likeness (QED) is 0.764. The monoisotopic (exact) mass is 321 g/mol. The zero-order chi connectivity index (χ0) is 17.1. The lowest BCUT2D eigenvalue weighted by Crippen LogP contribution is -2.29. The summed E-state index contributed by atoms with van der Waals surface area (Å²) in [7, 11) is 0. The number of benzene rings is 2. The van der Waals surface area contributed by atoms with Crippen LogP contribution >= 0.6 is 0 Å². The van der Waals surface area contributed by atoms with Crippen LogP contribution in [0.5, 0.6) is 0 Å². The summed E-state index contributed by atoms with van der Waals surface area (Å²) in [4.78, 5) is 17.3. The van der Waals surface area contributed by atoms with Gasteiger partial charge in [0.25, 0.3) is 5.91 Å². The van der Waals surface area contributed by atoms with Crippen LogP contribution in [0.2, 0.25) is 0 Å². The lowest BCUT2D eigenvalue weighted by molar-refractivity contribution is 0.0937. The first-order valence-electron chi connectivity index (χ1n) is 8.43. The zero-order valence-electron chi connectivity index (χ0n) is 14.4. The van der Waals surface area contributed by atoms with Crippen molar-refractivity contribution in [2.45, 2.75) is 39.8 Å². The van der Waals surface area contributed by atoms with Gasteiger partial charge in [-0.25, -0.2) is 4.98 Å². The van der Waals surface area contributed by atoms with Gasteiger partial charge in [-0.2, -0.15) is 0 Å². The standard InChI is InChI=1S/C20H23N3O/c1-4-13-23-18-12-8-7-11-17(18)22-19(23)15(3)21-20(24)16-10-6-5-9-14(16)2/h5-12,15H,4,13H2,1-3H3,(H,21,24). The number of nitrogens with zero attached hydrogens (tertiary/aromatic N) is 2. The van der Waals surface area contributed by atoms with Crippen LogP contribution in [-0.4, -0.2) is 15.5 Å². The Balaban J connectivity index is 1.91. The second-order valence-electron chi connectivity index (χ2n) is 6.12. The molecular weight excluding hydrogens is 298 g/mol. The third-order valence-corrected chi connectivity index (χ3v) is 4.26. The van der Waals surface area contributed by atoms with Crippen LogP contribution in [0.3, 0.4) is 0 Å². The third kappa shape index (κ3) is 3.04. The number of nitrogens with one attached hydrogen (secondary N) is 1. The van der Waals surface area contributed by atoms with Crippen molar-refractivity contribution in [3.63, 3.8) is 0 Å².